The number of esters is 1. The van der Waals surface area contributed by atoms with E-state index < -0.39 is 0 Å². The van der Waals surface area contributed by atoms with Crippen LogP contribution in [-0.4, -0.2) is 19.7 Å². The van der Waals surface area contributed by atoms with E-state index in [0.29, 0.717) is 6.61 Å². The van der Waals surface area contributed by atoms with Crippen LogP contribution in [0.1, 0.15) is 23.6 Å². The first kappa shape index (κ1) is 11.0. The first-order valence-corrected chi connectivity index (χ1v) is 5.29. The Bertz CT molecular complexity index is 403. The van der Waals surface area contributed by atoms with Gasteiger partial charge in [0.25, 0.3) is 0 Å². The second kappa shape index (κ2) is 4.53. The van der Waals surface area contributed by atoms with E-state index in [9.17, 15) is 4.79 Å². The van der Waals surface area contributed by atoms with Crippen LogP contribution in [0.3, 0.4) is 0 Å². The van der Waals surface area contributed by atoms with Gasteiger partial charge in [-0.1, -0.05) is 18.2 Å². The molecule has 0 bridgehead atoms. The number of carbonyl (C=O) groups is 1. The molecule has 0 fully saturated rings. The number of ether oxygens (including phenoxy) is 2. The maximum atomic E-state index is 11.2. The zero-order valence-corrected chi connectivity index (χ0v) is 9.23. The number of methoxy groups -OCH3 is 1. The van der Waals surface area contributed by atoms with Crippen LogP contribution in [0.5, 0.6) is 5.75 Å². The Hall–Kier alpha value is -1.55. The Morgan fingerprint density at radius 3 is 3.19 bits per heavy atom. The van der Waals surface area contributed by atoms with Crippen molar-refractivity contribution in [2.75, 3.05) is 13.7 Å². The van der Waals surface area contributed by atoms with Crippen molar-refractivity contribution >= 4 is 5.97 Å². The van der Waals surface area contributed by atoms with Crippen molar-refractivity contribution in [2.45, 2.75) is 18.9 Å². The molecule has 1 atom stereocenters. The molecular formula is C12H15NO3. The van der Waals surface area contributed by atoms with E-state index in [2.05, 4.69) is 4.74 Å². The molecule has 0 aromatic heterocycles. The number of fused-ring (bicyclic) bond motifs is 1. The fraction of sp³-hybridized carbons (Fsp3) is 0.417. The molecule has 1 aliphatic heterocycles. The number of rotatable bonds is 2. The third-order valence-electron chi connectivity index (χ3n) is 2.76. The number of para-hydroxylation sites is 1. The summed E-state index contributed by atoms with van der Waals surface area (Å²) in [6.07, 6.45) is 1.04. The predicted molar refractivity (Wildman–Crippen MR) is 59.2 cm³/mol. The molecule has 16 heavy (non-hydrogen) atoms. The quantitative estimate of drug-likeness (QED) is 0.762. The molecule has 4 nitrogen and oxygen atoms in total. The second-order valence-electron chi connectivity index (χ2n) is 3.83. The van der Waals surface area contributed by atoms with E-state index in [-0.39, 0.29) is 18.4 Å². The van der Waals surface area contributed by atoms with Crippen molar-refractivity contribution < 1.29 is 14.3 Å². The minimum absolute atomic E-state index is 0.00125. The Kier molecular flexibility index (Phi) is 3.10. The van der Waals surface area contributed by atoms with E-state index >= 15 is 0 Å². The number of carbonyl (C=O) groups excluding carboxylic acids is 1. The van der Waals surface area contributed by atoms with Crippen LogP contribution in [0, 0.1) is 0 Å². The summed E-state index contributed by atoms with van der Waals surface area (Å²) in [6, 6.07) is 5.71. The number of hydrogen-bond donors (Lipinski definition) is 1. The molecule has 0 amide bonds. The third-order valence-corrected chi connectivity index (χ3v) is 2.76. The average Bonchev–Trinajstić information content (AvgIpc) is 2.30. The van der Waals surface area contributed by atoms with E-state index in [4.69, 9.17) is 10.5 Å². The molecule has 2 N–H and O–H groups in total. The maximum Gasteiger partial charge on any atom is 0.310 e. The van der Waals surface area contributed by atoms with Crippen LogP contribution in [0.25, 0.3) is 0 Å². The lowest BCUT2D eigenvalue weighted by atomic mass is 9.97. The Morgan fingerprint density at radius 2 is 2.44 bits per heavy atom. The molecule has 0 aliphatic carbocycles. The van der Waals surface area contributed by atoms with Crippen molar-refractivity contribution in [3.63, 3.8) is 0 Å². The summed E-state index contributed by atoms with van der Waals surface area (Å²) in [5.41, 5.74) is 7.81. The van der Waals surface area contributed by atoms with E-state index in [1.807, 2.05) is 18.2 Å². The standard InChI is InChI=1S/C12H15NO3/c1-15-11(14)7-8-3-2-4-9-10(13)5-6-16-12(8)9/h2-4,10H,5-7,13H2,1H3. The van der Waals surface area contributed by atoms with Gasteiger partial charge in [0.1, 0.15) is 5.75 Å². The second-order valence-corrected chi connectivity index (χ2v) is 3.83. The van der Waals surface area contributed by atoms with Crippen molar-refractivity contribution in [3.8, 4) is 5.75 Å². The lowest BCUT2D eigenvalue weighted by molar-refractivity contribution is -0.139. The summed E-state index contributed by atoms with van der Waals surface area (Å²) in [4.78, 5) is 11.2. The van der Waals surface area contributed by atoms with Crippen LogP contribution in [0.4, 0.5) is 0 Å². The fourth-order valence-corrected chi connectivity index (χ4v) is 1.88. The van der Waals surface area contributed by atoms with E-state index in [1.54, 1.807) is 0 Å². The minimum Gasteiger partial charge on any atom is -0.493 e. The van der Waals surface area contributed by atoms with Gasteiger partial charge in [-0.05, 0) is 0 Å². The lowest BCUT2D eigenvalue weighted by Gasteiger charge is -2.24. The van der Waals surface area contributed by atoms with Crippen LogP contribution < -0.4 is 10.5 Å². The molecule has 2 rings (SSSR count). The number of nitrogens with two attached hydrogens (primary N) is 1. The topological polar surface area (TPSA) is 61.5 Å². The van der Waals surface area contributed by atoms with Gasteiger partial charge in [0, 0.05) is 23.6 Å². The molecule has 4 heteroatoms. The number of benzene rings is 1. The molecule has 1 unspecified atom stereocenters. The zero-order chi connectivity index (χ0) is 11.5. The molecule has 0 spiro atoms. The summed E-state index contributed by atoms with van der Waals surface area (Å²) >= 11 is 0. The maximum absolute atomic E-state index is 11.2. The lowest BCUT2D eigenvalue weighted by Crippen LogP contribution is -2.22. The summed E-state index contributed by atoms with van der Waals surface area (Å²) in [5.74, 6) is 0.489. The molecule has 1 aromatic rings. The highest BCUT2D eigenvalue weighted by atomic mass is 16.5. The third kappa shape index (κ3) is 2.02. The van der Waals surface area contributed by atoms with Crippen molar-refractivity contribution in [1.29, 1.82) is 0 Å². The summed E-state index contributed by atoms with van der Waals surface area (Å²) in [7, 11) is 1.38. The van der Waals surface area contributed by atoms with Gasteiger partial charge in [0.15, 0.2) is 0 Å². The Balaban J connectivity index is 2.32. The molecule has 86 valence electrons. The predicted octanol–water partition coefficient (Wildman–Crippen LogP) is 1.18. The molecule has 0 saturated carbocycles. The first-order chi connectivity index (χ1) is 7.72. The highest BCUT2D eigenvalue weighted by molar-refractivity contribution is 5.73. The van der Waals surface area contributed by atoms with Crippen LogP contribution >= 0.6 is 0 Å². The van der Waals surface area contributed by atoms with Crippen molar-refractivity contribution in [2.24, 2.45) is 5.73 Å². The smallest absolute Gasteiger partial charge is 0.310 e. The van der Waals surface area contributed by atoms with Gasteiger partial charge in [-0.25, -0.2) is 0 Å². The van der Waals surface area contributed by atoms with E-state index in [1.165, 1.54) is 7.11 Å². The van der Waals surface area contributed by atoms with Crippen LogP contribution in [0.2, 0.25) is 0 Å². The molecule has 0 radical (unpaired) electrons. The first-order valence-electron chi connectivity index (χ1n) is 5.29. The molecular weight excluding hydrogens is 206 g/mol. The SMILES string of the molecule is COC(=O)Cc1cccc2c1OCCC2N. The highest BCUT2D eigenvalue weighted by Crippen LogP contribution is 2.33. The van der Waals surface area contributed by atoms with Gasteiger partial charge < -0.3 is 15.2 Å². The fourth-order valence-electron chi connectivity index (χ4n) is 1.88. The zero-order valence-electron chi connectivity index (χ0n) is 9.23. The van der Waals surface area contributed by atoms with Crippen molar-refractivity contribution in [3.05, 3.63) is 29.3 Å². The molecule has 0 saturated heterocycles. The highest BCUT2D eigenvalue weighted by Gasteiger charge is 2.21. The van der Waals surface area contributed by atoms with Crippen LogP contribution in [-0.2, 0) is 16.0 Å². The van der Waals surface area contributed by atoms with Gasteiger partial charge in [0.2, 0.25) is 0 Å². The number of hydrogen-bond acceptors (Lipinski definition) is 4. The minimum atomic E-state index is -0.267. The Labute approximate surface area is 94.3 Å². The van der Waals surface area contributed by atoms with Gasteiger partial charge in [-0.2, -0.15) is 0 Å². The summed E-state index contributed by atoms with van der Waals surface area (Å²) < 4.78 is 10.2. The largest absolute Gasteiger partial charge is 0.493 e. The van der Waals surface area contributed by atoms with Crippen LogP contribution in [0.15, 0.2) is 18.2 Å². The van der Waals surface area contributed by atoms with Crippen molar-refractivity contribution in [1.82, 2.24) is 0 Å². The van der Waals surface area contributed by atoms with Gasteiger partial charge >= 0.3 is 5.97 Å². The monoisotopic (exact) mass is 221 g/mol. The van der Waals surface area contributed by atoms with E-state index in [0.717, 1.165) is 23.3 Å². The van der Waals surface area contributed by atoms with Gasteiger partial charge in [0.05, 0.1) is 20.1 Å². The average molecular weight is 221 g/mol. The van der Waals surface area contributed by atoms with Gasteiger partial charge in [-0.3, -0.25) is 4.79 Å². The summed E-state index contributed by atoms with van der Waals surface area (Å²) in [5, 5.41) is 0. The molecule has 1 heterocycles. The normalized spacial score (nSPS) is 18.5. The molecule has 1 aliphatic rings. The van der Waals surface area contributed by atoms with Gasteiger partial charge in [-0.15, -0.1) is 0 Å². The Morgan fingerprint density at radius 1 is 1.62 bits per heavy atom. The molecule has 1 aromatic carbocycles. The summed E-state index contributed by atoms with van der Waals surface area (Å²) in [6.45, 7) is 0.604.